The van der Waals surface area contributed by atoms with E-state index in [9.17, 15) is 14.7 Å². The third kappa shape index (κ3) is 1.64. The van der Waals surface area contributed by atoms with Crippen molar-refractivity contribution in [2.24, 2.45) is 11.8 Å². The molecular weight excluding hydrogens is 184 g/mol. The highest BCUT2D eigenvalue weighted by Crippen LogP contribution is 2.30. The summed E-state index contributed by atoms with van der Waals surface area (Å²) in [5, 5.41) is 9.50. The number of carbonyl (C=O) groups is 2. The van der Waals surface area contributed by atoms with E-state index in [0.29, 0.717) is 6.42 Å². The second-order valence-corrected chi connectivity index (χ2v) is 3.59. The van der Waals surface area contributed by atoms with Gasteiger partial charge < -0.3 is 9.84 Å². The molecule has 0 aromatic heterocycles. The number of esters is 1. The van der Waals surface area contributed by atoms with Crippen LogP contribution in [-0.4, -0.2) is 24.0 Å². The number of hydrogen-bond donors (Lipinski definition) is 1. The van der Waals surface area contributed by atoms with Crippen LogP contribution in [0.2, 0.25) is 0 Å². The van der Waals surface area contributed by atoms with Gasteiger partial charge in [0.2, 0.25) is 0 Å². The molecule has 4 nitrogen and oxygen atoms in total. The Hall–Kier alpha value is -1.32. The van der Waals surface area contributed by atoms with E-state index in [0.717, 1.165) is 0 Å². The molecule has 0 bridgehead atoms. The van der Waals surface area contributed by atoms with E-state index in [1.807, 2.05) is 0 Å². The molecule has 0 spiro atoms. The van der Waals surface area contributed by atoms with Gasteiger partial charge in [-0.2, -0.15) is 0 Å². The van der Waals surface area contributed by atoms with Gasteiger partial charge in [0, 0.05) is 11.5 Å². The average Bonchev–Trinajstić information content (AvgIpc) is 2.19. The van der Waals surface area contributed by atoms with E-state index < -0.39 is 11.9 Å². The number of ether oxygens (including phenoxy) is 1. The summed E-state index contributed by atoms with van der Waals surface area (Å²) in [5.74, 6) is -1.65. The van der Waals surface area contributed by atoms with Gasteiger partial charge in [0.15, 0.2) is 5.78 Å². The molecule has 0 fully saturated rings. The number of methoxy groups -OCH3 is 1. The molecule has 0 aliphatic heterocycles. The van der Waals surface area contributed by atoms with Crippen molar-refractivity contribution in [3.63, 3.8) is 0 Å². The highest BCUT2D eigenvalue weighted by atomic mass is 16.5. The summed E-state index contributed by atoms with van der Waals surface area (Å²) in [4.78, 5) is 22.8. The Morgan fingerprint density at radius 2 is 2.14 bits per heavy atom. The van der Waals surface area contributed by atoms with Gasteiger partial charge >= 0.3 is 5.97 Å². The van der Waals surface area contributed by atoms with Gasteiger partial charge in [0.1, 0.15) is 11.7 Å². The summed E-state index contributed by atoms with van der Waals surface area (Å²) < 4.78 is 4.53. The number of aliphatic hydroxyl groups excluding tert-OH is 1. The summed E-state index contributed by atoms with van der Waals surface area (Å²) in [6.45, 7) is 3.31. The van der Waals surface area contributed by atoms with Crippen LogP contribution in [0, 0.1) is 11.8 Å². The Kier molecular flexibility index (Phi) is 2.93. The van der Waals surface area contributed by atoms with Crippen LogP contribution in [0.1, 0.15) is 20.3 Å². The average molecular weight is 198 g/mol. The van der Waals surface area contributed by atoms with Crippen LogP contribution in [0.25, 0.3) is 0 Å². The number of allylic oxidation sites excluding steroid dienone is 2. The molecule has 4 heteroatoms. The molecule has 0 aromatic carbocycles. The van der Waals surface area contributed by atoms with Crippen molar-refractivity contribution in [2.75, 3.05) is 7.11 Å². The fourth-order valence-electron chi connectivity index (χ4n) is 1.67. The molecule has 1 N–H and O–H groups in total. The predicted molar refractivity (Wildman–Crippen MR) is 49.6 cm³/mol. The molecule has 0 heterocycles. The Morgan fingerprint density at radius 1 is 1.57 bits per heavy atom. The van der Waals surface area contributed by atoms with Crippen molar-refractivity contribution in [1.29, 1.82) is 0 Å². The molecule has 2 unspecified atom stereocenters. The van der Waals surface area contributed by atoms with Crippen LogP contribution in [-0.2, 0) is 14.3 Å². The molecule has 0 aromatic rings. The zero-order valence-corrected chi connectivity index (χ0v) is 8.53. The number of aliphatic hydroxyl groups is 1. The third-order valence-electron chi connectivity index (χ3n) is 2.61. The second-order valence-electron chi connectivity index (χ2n) is 3.59. The number of hydrogen-bond acceptors (Lipinski definition) is 4. The summed E-state index contributed by atoms with van der Waals surface area (Å²) in [6, 6.07) is 0. The number of carbonyl (C=O) groups excluding carboxylic acids is 2. The van der Waals surface area contributed by atoms with Crippen LogP contribution in [0.5, 0.6) is 0 Å². The fourth-order valence-corrected chi connectivity index (χ4v) is 1.67. The van der Waals surface area contributed by atoms with E-state index >= 15 is 0 Å². The molecule has 0 amide bonds. The van der Waals surface area contributed by atoms with Crippen molar-refractivity contribution >= 4 is 11.8 Å². The summed E-state index contributed by atoms with van der Waals surface area (Å²) in [6.07, 6.45) is 0.328. The minimum absolute atomic E-state index is 0.0927. The minimum atomic E-state index is -0.745. The first-order chi connectivity index (χ1) is 6.49. The van der Waals surface area contributed by atoms with Gasteiger partial charge in [0.05, 0.1) is 7.11 Å². The van der Waals surface area contributed by atoms with E-state index in [-0.39, 0.29) is 23.0 Å². The Morgan fingerprint density at radius 3 is 2.64 bits per heavy atom. The maximum atomic E-state index is 11.6. The van der Waals surface area contributed by atoms with Gasteiger partial charge in [-0.15, -0.1) is 0 Å². The molecule has 0 radical (unpaired) electrons. The molecule has 0 saturated carbocycles. The van der Waals surface area contributed by atoms with Crippen molar-refractivity contribution in [2.45, 2.75) is 20.3 Å². The van der Waals surface area contributed by atoms with Crippen LogP contribution in [0.3, 0.4) is 0 Å². The van der Waals surface area contributed by atoms with Gasteiger partial charge in [0.25, 0.3) is 0 Å². The van der Waals surface area contributed by atoms with Gasteiger partial charge in [-0.05, 0) is 13.3 Å². The van der Waals surface area contributed by atoms with E-state index in [2.05, 4.69) is 4.74 Å². The lowest BCUT2D eigenvalue weighted by Crippen LogP contribution is -2.33. The summed E-state index contributed by atoms with van der Waals surface area (Å²) >= 11 is 0. The second kappa shape index (κ2) is 3.82. The molecule has 2 atom stereocenters. The smallest absolute Gasteiger partial charge is 0.316 e. The van der Waals surface area contributed by atoms with E-state index in [1.54, 1.807) is 6.92 Å². The van der Waals surface area contributed by atoms with Crippen molar-refractivity contribution in [3.8, 4) is 0 Å². The maximum Gasteiger partial charge on any atom is 0.316 e. The first-order valence-corrected chi connectivity index (χ1v) is 4.50. The zero-order chi connectivity index (χ0) is 10.9. The van der Waals surface area contributed by atoms with Crippen molar-refractivity contribution in [3.05, 3.63) is 11.3 Å². The zero-order valence-electron chi connectivity index (χ0n) is 8.53. The lowest BCUT2D eigenvalue weighted by Gasteiger charge is -2.24. The monoisotopic (exact) mass is 198 g/mol. The van der Waals surface area contributed by atoms with Crippen LogP contribution in [0.4, 0.5) is 0 Å². The molecular formula is C10H14O4. The van der Waals surface area contributed by atoms with E-state index in [4.69, 9.17) is 0 Å². The topological polar surface area (TPSA) is 63.6 Å². The van der Waals surface area contributed by atoms with Crippen LogP contribution < -0.4 is 0 Å². The lowest BCUT2D eigenvalue weighted by molar-refractivity contribution is -0.149. The summed E-state index contributed by atoms with van der Waals surface area (Å²) in [7, 11) is 1.26. The van der Waals surface area contributed by atoms with Gasteiger partial charge in [-0.3, -0.25) is 9.59 Å². The van der Waals surface area contributed by atoms with Crippen molar-refractivity contribution in [1.82, 2.24) is 0 Å². The fraction of sp³-hybridized carbons (Fsp3) is 0.600. The minimum Gasteiger partial charge on any atom is -0.512 e. The Bertz CT molecular complexity index is 303. The molecule has 1 aliphatic rings. The van der Waals surface area contributed by atoms with Crippen LogP contribution in [0.15, 0.2) is 11.3 Å². The first kappa shape index (κ1) is 10.8. The number of rotatable bonds is 1. The standard InChI is InChI=1S/C10H14O4/c1-5-4-7(10(13)14-3)9(12)6(2)8(5)11/h5,7,11H,4H2,1-3H3. The maximum absolute atomic E-state index is 11.6. The SMILES string of the molecule is COC(=O)C1CC(C)C(O)=C(C)C1=O. The molecule has 78 valence electrons. The Labute approximate surface area is 82.6 Å². The molecule has 0 saturated heterocycles. The number of ketones is 1. The Balaban J connectivity index is 2.97. The van der Waals surface area contributed by atoms with Gasteiger partial charge in [-0.25, -0.2) is 0 Å². The van der Waals surface area contributed by atoms with Crippen LogP contribution >= 0.6 is 0 Å². The van der Waals surface area contributed by atoms with Crippen molar-refractivity contribution < 1.29 is 19.4 Å². The quantitative estimate of drug-likeness (QED) is 0.508. The lowest BCUT2D eigenvalue weighted by atomic mass is 9.81. The molecule has 14 heavy (non-hydrogen) atoms. The molecule has 1 rings (SSSR count). The highest BCUT2D eigenvalue weighted by molar-refractivity contribution is 6.08. The van der Waals surface area contributed by atoms with E-state index in [1.165, 1.54) is 14.0 Å². The summed E-state index contributed by atoms with van der Waals surface area (Å²) in [5.41, 5.74) is 0.277. The molecule has 1 aliphatic carbocycles. The normalized spacial score (nSPS) is 27.8. The van der Waals surface area contributed by atoms with Gasteiger partial charge in [-0.1, -0.05) is 6.92 Å². The number of Topliss-reactive ketones (excluding diaryl/α,β-unsaturated/α-hetero) is 1. The largest absolute Gasteiger partial charge is 0.512 e. The first-order valence-electron chi connectivity index (χ1n) is 4.50. The predicted octanol–water partition coefficient (Wildman–Crippen LogP) is 1.22. The third-order valence-corrected chi connectivity index (χ3v) is 2.61. The highest BCUT2D eigenvalue weighted by Gasteiger charge is 2.36.